The lowest BCUT2D eigenvalue weighted by Gasteiger charge is -2.47. The number of fused-ring (bicyclic) bond motifs is 1. The first-order valence-electron chi connectivity index (χ1n) is 8.94. The zero-order valence-electron chi connectivity index (χ0n) is 12.8. The van der Waals surface area contributed by atoms with Crippen LogP contribution >= 0.6 is 0 Å². The lowest BCUT2D eigenvalue weighted by molar-refractivity contribution is -0.0619. The smallest absolute Gasteiger partial charge is 0.130 e. The van der Waals surface area contributed by atoms with Crippen molar-refractivity contribution in [1.29, 1.82) is 0 Å². The van der Waals surface area contributed by atoms with Crippen molar-refractivity contribution in [1.82, 2.24) is 0 Å². The van der Waals surface area contributed by atoms with E-state index in [4.69, 9.17) is 6.42 Å². The van der Waals surface area contributed by atoms with Crippen LogP contribution in [0.1, 0.15) is 77.0 Å². The molecule has 0 saturated heterocycles. The van der Waals surface area contributed by atoms with Crippen LogP contribution in [0.25, 0.3) is 0 Å². The second-order valence-corrected chi connectivity index (χ2v) is 7.62. The average molecular weight is 274 g/mol. The SMILES string of the molecule is C#CC(O)(C1CCCCC1)C1CCC2CCCCC2C1. The third-order valence-corrected chi connectivity index (χ3v) is 6.62. The van der Waals surface area contributed by atoms with Crippen molar-refractivity contribution in [3.05, 3.63) is 0 Å². The minimum absolute atomic E-state index is 0.367. The van der Waals surface area contributed by atoms with Gasteiger partial charge in [-0.15, -0.1) is 6.42 Å². The van der Waals surface area contributed by atoms with E-state index in [2.05, 4.69) is 5.92 Å². The Hall–Kier alpha value is -0.480. The highest BCUT2D eigenvalue weighted by Crippen LogP contribution is 2.49. The van der Waals surface area contributed by atoms with Gasteiger partial charge in [-0.2, -0.15) is 0 Å². The van der Waals surface area contributed by atoms with Crippen LogP contribution < -0.4 is 0 Å². The Morgan fingerprint density at radius 1 is 0.750 bits per heavy atom. The fourth-order valence-corrected chi connectivity index (χ4v) is 5.38. The first-order chi connectivity index (χ1) is 9.74. The van der Waals surface area contributed by atoms with Gasteiger partial charge in [0, 0.05) is 0 Å². The Bertz CT molecular complexity index is 362. The highest BCUT2D eigenvalue weighted by atomic mass is 16.3. The van der Waals surface area contributed by atoms with Crippen LogP contribution in [0.3, 0.4) is 0 Å². The summed E-state index contributed by atoms with van der Waals surface area (Å²) in [6, 6.07) is 0. The predicted octanol–water partition coefficient (Wildman–Crippen LogP) is 4.54. The molecular weight excluding hydrogens is 244 g/mol. The van der Waals surface area contributed by atoms with Crippen LogP contribution in [-0.2, 0) is 0 Å². The first kappa shape index (κ1) is 14.5. The first-order valence-corrected chi connectivity index (χ1v) is 8.94. The van der Waals surface area contributed by atoms with Gasteiger partial charge in [-0.3, -0.25) is 0 Å². The van der Waals surface area contributed by atoms with Crippen LogP contribution in [0.2, 0.25) is 0 Å². The van der Waals surface area contributed by atoms with E-state index in [1.807, 2.05) is 0 Å². The van der Waals surface area contributed by atoms with E-state index in [0.29, 0.717) is 11.8 Å². The monoisotopic (exact) mass is 274 g/mol. The van der Waals surface area contributed by atoms with Crippen molar-refractivity contribution in [2.45, 2.75) is 82.7 Å². The van der Waals surface area contributed by atoms with Crippen LogP contribution in [-0.4, -0.2) is 10.7 Å². The number of hydrogen-bond acceptors (Lipinski definition) is 1. The maximum Gasteiger partial charge on any atom is 0.130 e. The molecule has 4 atom stereocenters. The summed E-state index contributed by atoms with van der Waals surface area (Å²) >= 11 is 0. The number of aliphatic hydroxyl groups is 1. The molecule has 1 N–H and O–H groups in total. The minimum atomic E-state index is -0.803. The zero-order valence-corrected chi connectivity index (χ0v) is 12.8. The molecule has 0 aromatic heterocycles. The topological polar surface area (TPSA) is 20.2 Å². The van der Waals surface area contributed by atoms with Crippen molar-refractivity contribution < 1.29 is 5.11 Å². The van der Waals surface area contributed by atoms with Gasteiger partial charge in [-0.1, -0.05) is 50.9 Å². The van der Waals surface area contributed by atoms with Crippen LogP contribution in [0.15, 0.2) is 0 Å². The fraction of sp³-hybridized carbons (Fsp3) is 0.895. The summed E-state index contributed by atoms with van der Waals surface area (Å²) < 4.78 is 0. The van der Waals surface area contributed by atoms with Gasteiger partial charge in [-0.25, -0.2) is 0 Å². The van der Waals surface area contributed by atoms with Crippen LogP contribution in [0, 0.1) is 36.0 Å². The normalized spacial score (nSPS) is 38.5. The highest BCUT2D eigenvalue weighted by molar-refractivity contribution is 5.15. The summed E-state index contributed by atoms with van der Waals surface area (Å²) in [7, 11) is 0. The second-order valence-electron chi connectivity index (χ2n) is 7.62. The second kappa shape index (κ2) is 6.10. The zero-order chi connectivity index (χ0) is 14.0. The van der Waals surface area contributed by atoms with Crippen molar-refractivity contribution in [3.8, 4) is 12.3 Å². The molecule has 112 valence electrons. The molecule has 3 rings (SSSR count). The Morgan fingerprint density at radius 2 is 1.40 bits per heavy atom. The molecule has 3 aliphatic rings. The number of hydrogen-bond donors (Lipinski definition) is 1. The van der Waals surface area contributed by atoms with E-state index >= 15 is 0 Å². The molecule has 0 amide bonds. The molecule has 3 aliphatic carbocycles. The third-order valence-electron chi connectivity index (χ3n) is 6.62. The minimum Gasteiger partial charge on any atom is -0.377 e. The summed E-state index contributed by atoms with van der Waals surface area (Å²) in [6.07, 6.45) is 21.3. The Morgan fingerprint density at radius 3 is 2.10 bits per heavy atom. The molecular formula is C19H30O. The van der Waals surface area contributed by atoms with Gasteiger partial charge in [0.05, 0.1) is 0 Å². The molecule has 0 aromatic carbocycles. The van der Waals surface area contributed by atoms with E-state index in [-0.39, 0.29) is 0 Å². The van der Waals surface area contributed by atoms with E-state index in [0.717, 1.165) is 24.7 Å². The molecule has 1 heteroatoms. The highest BCUT2D eigenvalue weighted by Gasteiger charge is 2.46. The van der Waals surface area contributed by atoms with Crippen LogP contribution in [0.4, 0.5) is 0 Å². The third kappa shape index (κ3) is 2.64. The van der Waals surface area contributed by atoms with Gasteiger partial charge in [0.15, 0.2) is 0 Å². The molecule has 3 saturated carbocycles. The summed E-state index contributed by atoms with van der Waals surface area (Å²) in [6.45, 7) is 0. The van der Waals surface area contributed by atoms with Crippen LogP contribution in [0.5, 0.6) is 0 Å². The Kier molecular flexibility index (Phi) is 4.41. The van der Waals surface area contributed by atoms with Gasteiger partial charge in [-0.05, 0) is 55.8 Å². The van der Waals surface area contributed by atoms with Crippen molar-refractivity contribution in [3.63, 3.8) is 0 Å². The fourth-order valence-electron chi connectivity index (χ4n) is 5.38. The average Bonchev–Trinajstić information content (AvgIpc) is 2.54. The number of rotatable bonds is 2. The molecule has 0 aliphatic heterocycles. The van der Waals surface area contributed by atoms with E-state index in [1.54, 1.807) is 0 Å². The predicted molar refractivity (Wildman–Crippen MR) is 83.1 cm³/mol. The van der Waals surface area contributed by atoms with Gasteiger partial charge in [0.1, 0.15) is 5.60 Å². The molecule has 3 fully saturated rings. The van der Waals surface area contributed by atoms with Crippen molar-refractivity contribution >= 4 is 0 Å². The van der Waals surface area contributed by atoms with E-state index in [1.165, 1.54) is 64.2 Å². The van der Waals surface area contributed by atoms with E-state index < -0.39 is 5.60 Å². The lowest BCUT2D eigenvalue weighted by Crippen LogP contribution is -2.48. The Labute approximate surface area is 124 Å². The molecule has 0 heterocycles. The van der Waals surface area contributed by atoms with Crippen molar-refractivity contribution in [2.24, 2.45) is 23.7 Å². The van der Waals surface area contributed by atoms with Crippen molar-refractivity contribution in [2.75, 3.05) is 0 Å². The van der Waals surface area contributed by atoms with Gasteiger partial charge in [0.2, 0.25) is 0 Å². The standard InChI is InChI=1S/C19H30O/c1-2-19(20,17-10-4-3-5-11-17)18-13-12-15-8-6-7-9-16(15)14-18/h1,15-18,20H,3-14H2. The summed E-state index contributed by atoms with van der Waals surface area (Å²) in [5.41, 5.74) is -0.803. The summed E-state index contributed by atoms with van der Waals surface area (Å²) in [4.78, 5) is 0. The van der Waals surface area contributed by atoms with Gasteiger partial charge in [0.25, 0.3) is 0 Å². The van der Waals surface area contributed by atoms with Gasteiger partial charge >= 0.3 is 0 Å². The molecule has 1 nitrogen and oxygen atoms in total. The molecule has 0 bridgehead atoms. The largest absolute Gasteiger partial charge is 0.377 e. The molecule has 0 radical (unpaired) electrons. The Balaban J connectivity index is 1.70. The molecule has 0 spiro atoms. The summed E-state index contributed by atoms with van der Waals surface area (Å²) in [5.74, 6) is 5.40. The molecule has 20 heavy (non-hydrogen) atoms. The quantitative estimate of drug-likeness (QED) is 0.733. The molecule has 4 unspecified atom stereocenters. The molecule has 0 aromatic rings. The summed E-state index contributed by atoms with van der Waals surface area (Å²) in [5, 5.41) is 11.2. The maximum absolute atomic E-state index is 11.2. The number of terminal acetylenes is 1. The van der Waals surface area contributed by atoms with Gasteiger partial charge < -0.3 is 5.11 Å². The maximum atomic E-state index is 11.2. The lowest BCUT2D eigenvalue weighted by atomic mass is 9.60. The van der Waals surface area contributed by atoms with E-state index in [9.17, 15) is 5.11 Å².